The van der Waals surface area contributed by atoms with E-state index in [1.165, 1.54) is 22.5 Å². The summed E-state index contributed by atoms with van der Waals surface area (Å²) in [6.45, 7) is 5.00. The predicted molar refractivity (Wildman–Crippen MR) is 120 cm³/mol. The lowest BCUT2D eigenvalue weighted by Crippen LogP contribution is -2.26. The lowest BCUT2D eigenvalue weighted by molar-refractivity contribution is 0.201. The summed E-state index contributed by atoms with van der Waals surface area (Å²) >= 11 is 1.30. The molecule has 0 saturated heterocycles. The molecule has 0 aliphatic heterocycles. The summed E-state index contributed by atoms with van der Waals surface area (Å²) in [5.74, 6) is 0. The molecule has 4 rings (SSSR count). The second kappa shape index (κ2) is 9.53. The van der Waals surface area contributed by atoms with Crippen LogP contribution < -0.4 is 10.1 Å². The van der Waals surface area contributed by atoms with Crippen LogP contribution in [0.1, 0.15) is 29.3 Å². The van der Waals surface area contributed by atoms with Crippen molar-refractivity contribution in [3.05, 3.63) is 83.4 Å². The monoisotopic (exact) mass is 433 g/mol. The molecule has 31 heavy (non-hydrogen) atoms. The van der Waals surface area contributed by atoms with E-state index in [1.807, 2.05) is 36.0 Å². The van der Waals surface area contributed by atoms with Gasteiger partial charge in [0.2, 0.25) is 5.06 Å². The number of carbonyl (C=O) groups is 1. The number of nitrogens with zero attached hydrogens (tertiary/aromatic N) is 4. The average molecular weight is 434 g/mol. The standard InChI is InChI=1S/C23H23N5O2S/c1-3-17-6-8-18(9-7-17)15-28-12-10-20(27-28)21-26-16(2)22(31-21)30-23(29)25-14-19-5-4-11-24-13-19/h4-13H,3,14-15H2,1-2H3,(H,25,29). The number of aromatic nitrogens is 4. The highest BCUT2D eigenvalue weighted by molar-refractivity contribution is 7.17. The zero-order valence-corrected chi connectivity index (χ0v) is 18.2. The first-order valence-electron chi connectivity index (χ1n) is 10.0. The molecule has 0 fully saturated rings. The molecule has 0 atom stereocenters. The molecule has 0 bridgehead atoms. The number of amides is 1. The van der Waals surface area contributed by atoms with Gasteiger partial charge in [-0.3, -0.25) is 9.67 Å². The van der Waals surface area contributed by atoms with Gasteiger partial charge in [0.25, 0.3) is 0 Å². The van der Waals surface area contributed by atoms with Gasteiger partial charge in [-0.2, -0.15) is 5.10 Å². The smallest absolute Gasteiger partial charge is 0.397 e. The molecular weight excluding hydrogens is 410 g/mol. The Morgan fingerprint density at radius 3 is 2.68 bits per heavy atom. The Kier molecular flexibility index (Phi) is 6.37. The van der Waals surface area contributed by atoms with Crippen molar-refractivity contribution in [2.45, 2.75) is 33.4 Å². The third-order valence-electron chi connectivity index (χ3n) is 4.73. The molecule has 3 aromatic heterocycles. The highest BCUT2D eigenvalue weighted by atomic mass is 32.1. The topological polar surface area (TPSA) is 81.9 Å². The average Bonchev–Trinajstić information content (AvgIpc) is 3.40. The fourth-order valence-corrected chi connectivity index (χ4v) is 3.90. The van der Waals surface area contributed by atoms with Crippen molar-refractivity contribution in [2.75, 3.05) is 0 Å². The first kappa shape index (κ1) is 20.7. The molecular formula is C23H23N5O2S. The molecule has 0 unspecified atom stereocenters. The van der Waals surface area contributed by atoms with Gasteiger partial charge in [-0.25, -0.2) is 9.78 Å². The molecule has 0 saturated carbocycles. The molecule has 1 amide bonds. The number of rotatable bonds is 7. The van der Waals surface area contributed by atoms with Gasteiger partial charge in [0, 0.05) is 25.1 Å². The van der Waals surface area contributed by atoms with Crippen molar-refractivity contribution < 1.29 is 9.53 Å². The number of thiazole rings is 1. The van der Waals surface area contributed by atoms with Gasteiger partial charge >= 0.3 is 6.09 Å². The van der Waals surface area contributed by atoms with E-state index in [9.17, 15) is 4.79 Å². The zero-order chi connectivity index (χ0) is 21.6. The van der Waals surface area contributed by atoms with Crippen LogP contribution in [0.15, 0.2) is 61.1 Å². The second-order valence-corrected chi connectivity index (χ2v) is 8.03. The third-order valence-corrected chi connectivity index (χ3v) is 5.79. The summed E-state index contributed by atoms with van der Waals surface area (Å²) < 4.78 is 7.33. The van der Waals surface area contributed by atoms with E-state index in [0.717, 1.165) is 17.7 Å². The lowest BCUT2D eigenvalue weighted by atomic mass is 10.1. The number of hydrogen-bond acceptors (Lipinski definition) is 6. The molecule has 0 aliphatic carbocycles. The van der Waals surface area contributed by atoms with Crippen molar-refractivity contribution in [3.8, 4) is 15.8 Å². The molecule has 3 heterocycles. The minimum Gasteiger partial charge on any atom is -0.397 e. The maximum Gasteiger partial charge on any atom is 0.413 e. The van der Waals surface area contributed by atoms with E-state index < -0.39 is 6.09 Å². The Balaban J connectivity index is 1.38. The molecule has 8 heteroatoms. The van der Waals surface area contributed by atoms with Gasteiger partial charge in [0.1, 0.15) is 10.7 Å². The largest absolute Gasteiger partial charge is 0.413 e. The number of ether oxygens (including phenoxy) is 1. The quantitative estimate of drug-likeness (QED) is 0.460. The SMILES string of the molecule is CCc1ccc(Cn2ccc(-c3nc(C)c(OC(=O)NCc4cccnc4)s3)n2)cc1. The van der Waals surface area contributed by atoms with Gasteiger partial charge in [0.05, 0.1) is 12.2 Å². The number of nitrogens with one attached hydrogen (secondary N) is 1. The molecule has 4 aromatic rings. The molecule has 0 spiro atoms. The molecule has 158 valence electrons. The van der Waals surface area contributed by atoms with Gasteiger partial charge in [-0.15, -0.1) is 0 Å². The fourth-order valence-electron chi connectivity index (χ4n) is 3.02. The highest BCUT2D eigenvalue weighted by Gasteiger charge is 2.16. The van der Waals surface area contributed by atoms with E-state index in [1.54, 1.807) is 12.4 Å². The highest BCUT2D eigenvalue weighted by Crippen LogP contribution is 2.33. The van der Waals surface area contributed by atoms with Crippen molar-refractivity contribution in [3.63, 3.8) is 0 Å². The molecule has 1 aromatic carbocycles. The third kappa shape index (κ3) is 5.35. The first-order valence-corrected chi connectivity index (χ1v) is 10.9. The number of hydrogen-bond donors (Lipinski definition) is 1. The van der Waals surface area contributed by atoms with Crippen LogP contribution >= 0.6 is 11.3 Å². The maximum absolute atomic E-state index is 12.1. The maximum atomic E-state index is 12.1. The summed E-state index contributed by atoms with van der Waals surface area (Å²) in [6.07, 6.45) is 5.82. The normalized spacial score (nSPS) is 10.8. The zero-order valence-electron chi connectivity index (χ0n) is 17.4. The summed E-state index contributed by atoms with van der Waals surface area (Å²) in [4.78, 5) is 20.7. The van der Waals surface area contributed by atoms with E-state index in [0.29, 0.717) is 28.9 Å². The summed E-state index contributed by atoms with van der Waals surface area (Å²) in [6, 6.07) is 14.2. The Hall–Kier alpha value is -3.52. The number of pyridine rings is 1. The van der Waals surface area contributed by atoms with Gasteiger partial charge in [-0.1, -0.05) is 48.6 Å². The van der Waals surface area contributed by atoms with Crippen LogP contribution in [0.2, 0.25) is 0 Å². The van der Waals surface area contributed by atoms with Gasteiger partial charge in [0.15, 0.2) is 0 Å². The van der Waals surface area contributed by atoms with Crippen LogP contribution in [0, 0.1) is 6.92 Å². The Bertz CT molecular complexity index is 1150. The first-order chi connectivity index (χ1) is 15.1. The van der Waals surface area contributed by atoms with Crippen LogP contribution in [-0.4, -0.2) is 25.8 Å². The molecule has 0 radical (unpaired) electrons. The number of aryl methyl sites for hydroxylation is 2. The van der Waals surface area contributed by atoms with Crippen LogP contribution in [-0.2, 0) is 19.5 Å². The minimum absolute atomic E-state index is 0.348. The Morgan fingerprint density at radius 1 is 1.13 bits per heavy atom. The predicted octanol–water partition coefficient (Wildman–Crippen LogP) is 4.61. The van der Waals surface area contributed by atoms with Crippen molar-refractivity contribution in [1.82, 2.24) is 25.1 Å². The summed E-state index contributed by atoms with van der Waals surface area (Å²) in [5.41, 5.74) is 4.82. The van der Waals surface area contributed by atoms with Gasteiger partial charge < -0.3 is 10.1 Å². The Labute approximate surface area is 184 Å². The fraction of sp³-hybridized carbons (Fsp3) is 0.217. The number of carbonyl (C=O) groups excluding carboxylic acids is 1. The molecule has 0 aliphatic rings. The van der Waals surface area contributed by atoms with E-state index in [2.05, 4.69) is 51.6 Å². The molecule has 1 N–H and O–H groups in total. The van der Waals surface area contributed by atoms with Crippen LogP contribution in [0.5, 0.6) is 5.06 Å². The molecule has 7 nitrogen and oxygen atoms in total. The van der Waals surface area contributed by atoms with Crippen molar-refractivity contribution in [1.29, 1.82) is 0 Å². The summed E-state index contributed by atoms with van der Waals surface area (Å²) in [7, 11) is 0. The van der Waals surface area contributed by atoms with Crippen LogP contribution in [0.3, 0.4) is 0 Å². The Morgan fingerprint density at radius 2 is 1.94 bits per heavy atom. The van der Waals surface area contributed by atoms with Crippen LogP contribution in [0.25, 0.3) is 10.7 Å². The summed E-state index contributed by atoms with van der Waals surface area (Å²) in [5, 5.41) is 8.53. The number of benzene rings is 1. The van der Waals surface area contributed by atoms with Crippen LogP contribution in [0.4, 0.5) is 4.79 Å². The van der Waals surface area contributed by atoms with Gasteiger partial charge in [-0.05, 0) is 42.2 Å². The lowest BCUT2D eigenvalue weighted by Gasteiger charge is -2.04. The van der Waals surface area contributed by atoms with E-state index in [-0.39, 0.29) is 0 Å². The van der Waals surface area contributed by atoms with Crippen molar-refractivity contribution in [2.24, 2.45) is 0 Å². The second-order valence-electron chi connectivity index (χ2n) is 7.06. The van der Waals surface area contributed by atoms with Crippen molar-refractivity contribution >= 4 is 17.4 Å². The van der Waals surface area contributed by atoms with E-state index >= 15 is 0 Å². The van der Waals surface area contributed by atoms with E-state index in [4.69, 9.17) is 4.74 Å². The minimum atomic E-state index is -0.525.